The number of halogens is 1. The van der Waals surface area contributed by atoms with Gasteiger partial charge in [0, 0.05) is 48.7 Å². The Bertz CT molecular complexity index is 1440. The van der Waals surface area contributed by atoms with Crippen molar-refractivity contribution in [2.24, 2.45) is 0 Å². The van der Waals surface area contributed by atoms with E-state index in [0.29, 0.717) is 0 Å². The Morgan fingerprint density at radius 2 is 1.92 bits per heavy atom. The van der Waals surface area contributed by atoms with Crippen LogP contribution in [-0.2, 0) is 30.8 Å². The lowest BCUT2D eigenvalue weighted by atomic mass is 10.0. The number of amides is 2. The molecule has 0 radical (unpaired) electrons. The standard InChI is InChI=1S/C25H27FN4O6S/c1-36-25(33)21(13-17-14-27-20-9-4-3-8-19(17)20)28-23(31)22-15-29(10-11-30(22)37(2,34)35)24(32)16-6-5-7-18(26)12-16/h3-9,12,14,21-22,27H,10-11,13,15H2,1-2H3,(H,28,31)/t21-,22-/m1/s1. The number of ether oxygens (including phenoxy) is 1. The van der Waals surface area contributed by atoms with Crippen LogP contribution in [0.25, 0.3) is 10.9 Å². The van der Waals surface area contributed by atoms with Gasteiger partial charge in [-0.05, 0) is 29.8 Å². The van der Waals surface area contributed by atoms with Gasteiger partial charge >= 0.3 is 5.97 Å². The van der Waals surface area contributed by atoms with Gasteiger partial charge in [0.1, 0.15) is 17.9 Å². The summed E-state index contributed by atoms with van der Waals surface area (Å²) in [5, 5.41) is 3.49. The van der Waals surface area contributed by atoms with Gasteiger partial charge in [-0.3, -0.25) is 9.59 Å². The van der Waals surface area contributed by atoms with E-state index in [9.17, 15) is 27.2 Å². The third-order valence-electron chi connectivity index (χ3n) is 6.32. The van der Waals surface area contributed by atoms with E-state index in [1.54, 1.807) is 6.20 Å². The van der Waals surface area contributed by atoms with E-state index in [0.717, 1.165) is 33.1 Å². The minimum atomic E-state index is -3.83. The molecule has 2 N–H and O–H groups in total. The average Bonchev–Trinajstić information content (AvgIpc) is 3.29. The monoisotopic (exact) mass is 530 g/mol. The third kappa shape index (κ3) is 5.81. The highest BCUT2D eigenvalue weighted by Crippen LogP contribution is 2.21. The Labute approximate surface area is 213 Å². The number of carbonyl (C=O) groups is 3. The largest absolute Gasteiger partial charge is 0.467 e. The first-order chi connectivity index (χ1) is 17.6. The van der Waals surface area contributed by atoms with Gasteiger partial charge in [0.15, 0.2) is 0 Å². The number of piperazine rings is 1. The molecule has 0 spiro atoms. The van der Waals surface area contributed by atoms with Gasteiger partial charge in [0.05, 0.1) is 13.4 Å². The molecule has 3 aromatic rings. The summed E-state index contributed by atoms with van der Waals surface area (Å²) in [4.78, 5) is 43.4. The molecule has 2 heterocycles. The van der Waals surface area contributed by atoms with Gasteiger partial charge in [-0.15, -0.1) is 0 Å². The summed E-state index contributed by atoms with van der Waals surface area (Å²) in [6.07, 6.45) is 2.80. The second-order valence-corrected chi connectivity index (χ2v) is 10.7. The second-order valence-electron chi connectivity index (χ2n) is 8.80. The van der Waals surface area contributed by atoms with Crippen LogP contribution in [0, 0.1) is 5.82 Å². The van der Waals surface area contributed by atoms with Crippen LogP contribution in [0.5, 0.6) is 0 Å². The number of fused-ring (bicyclic) bond motifs is 1. The molecular formula is C25H27FN4O6S. The fraction of sp³-hybridized carbons (Fsp3) is 0.320. The topological polar surface area (TPSA) is 129 Å². The number of benzene rings is 2. The number of hydrogen-bond donors (Lipinski definition) is 2. The van der Waals surface area contributed by atoms with Crippen molar-refractivity contribution in [3.63, 3.8) is 0 Å². The quantitative estimate of drug-likeness (QED) is 0.443. The number of H-pyrrole nitrogens is 1. The number of aromatic nitrogens is 1. The first kappa shape index (κ1) is 26.3. The van der Waals surface area contributed by atoms with E-state index in [-0.39, 0.29) is 31.6 Å². The number of para-hydroxylation sites is 1. The maximum atomic E-state index is 13.7. The van der Waals surface area contributed by atoms with Crippen molar-refractivity contribution in [1.82, 2.24) is 19.5 Å². The van der Waals surface area contributed by atoms with E-state index in [1.807, 2.05) is 24.3 Å². The van der Waals surface area contributed by atoms with Crippen molar-refractivity contribution in [2.75, 3.05) is 33.0 Å². The highest BCUT2D eigenvalue weighted by molar-refractivity contribution is 7.88. The van der Waals surface area contributed by atoms with Gasteiger partial charge in [-0.2, -0.15) is 4.31 Å². The lowest BCUT2D eigenvalue weighted by Gasteiger charge is -2.39. The Kier molecular flexibility index (Phi) is 7.60. The first-order valence-corrected chi connectivity index (χ1v) is 13.4. The van der Waals surface area contributed by atoms with Gasteiger partial charge in [0.2, 0.25) is 15.9 Å². The maximum absolute atomic E-state index is 13.7. The van der Waals surface area contributed by atoms with Crippen molar-refractivity contribution in [2.45, 2.75) is 18.5 Å². The molecule has 2 atom stereocenters. The number of hydrogen-bond acceptors (Lipinski definition) is 6. The number of esters is 1. The average molecular weight is 531 g/mol. The Morgan fingerprint density at radius 3 is 2.62 bits per heavy atom. The SMILES string of the molecule is COC(=O)[C@@H](Cc1c[nH]c2ccccc12)NC(=O)[C@H]1CN(C(=O)c2cccc(F)c2)CCN1S(C)(=O)=O. The van der Waals surface area contributed by atoms with E-state index in [1.165, 1.54) is 30.2 Å². The minimum absolute atomic E-state index is 0.0158. The predicted molar refractivity (Wildman–Crippen MR) is 134 cm³/mol. The maximum Gasteiger partial charge on any atom is 0.328 e. The fourth-order valence-electron chi connectivity index (χ4n) is 4.49. The first-order valence-electron chi connectivity index (χ1n) is 11.5. The van der Waals surface area contributed by atoms with Crippen LogP contribution >= 0.6 is 0 Å². The molecule has 0 aliphatic carbocycles. The number of nitrogens with one attached hydrogen (secondary N) is 2. The molecule has 2 aromatic carbocycles. The summed E-state index contributed by atoms with van der Waals surface area (Å²) < 4.78 is 44.5. The molecule has 1 aromatic heterocycles. The summed E-state index contributed by atoms with van der Waals surface area (Å²) in [7, 11) is -2.63. The smallest absolute Gasteiger partial charge is 0.328 e. The van der Waals surface area contributed by atoms with Crippen LogP contribution in [0.4, 0.5) is 4.39 Å². The molecule has 1 fully saturated rings. The van der Waals surface area contributed by atoms with E-state index in [2.05, 4.69) is 10.3 Å². The zero-order chi connectivity index (χ0) is 26.7. The van der Waals surface area contributed by atoms with Crippen LogP contribution in [0.3, 0.4) is 0 Å². The molecule has 37 heavy (non-hydrogen) atoms. The molecule has 10 nitrogen and oxygen atoms in total. The zero-order valence-electron chi connectivity index (χ0n) is 20.3. The van der Waals surface area contributed by atoms with Crippen molar-refractivity contribution in [3.05, 3.63) is 71.7 Å². The molecule has 0 saturated carbocycles. The molecule has 0 bridgehead atoms. The van der Waals surface area contributed by atoms with Crippen LogP contribution in [-0.4, -0.2) is 85.5 Å². The lowest BCUT2D eigenvalue weighted by Crippen LogP contribution is -2.62. The third-order valence-corrected chi connectivity index (χ3v) is 7.61. The molecule has 4 rings (SSSR count). The number of methoxy groups -OCH3 is 1. The number of rotatable bonds is 7. The lowest BCUT2D eigenvalue weighted by molar-refractivity contribution is -0.145. The van der Waals surface area contributed by atoms with Crippen LogP contribution in [0.1, 0.15) is 15.9 Å². The molecule has 12 heteroatoms. The van der Waals surface area contributed by atoms with E-state index in [4.69, 9.17) is 4.74 Å². The molecule has 196 valence electrons. The molecule has 1 aliphatic heterocycles. The van der Waals surface area contributed by atoms with Crippen LogP contribution in [0.2, 0.25) is 0 Å². The van der Waals surface area contributed by atoms with Gasteiger partial charge in [-0.25, -0.2) is 17.6 Å². The van der Waals surface area contributed by atoms with Gasteiger partial charge in [0.25, 0.3) is 5.91 Å². The highest BCUT2D eigenvalue weighted by Gasteiger charge is 2.40. The van der Waals surface area contributed by atoms with Gasteiger partial charge in [-0.1, -0.05) is 24.3 Å². The van der Waals surface area contributed by atoms with Crippen LogP contribution < -0.4 is 5.32 Å². The normalized spacial score (nSPS) is 17.4. The summed E-state index contributed by atoms with van der Waals surface area (Å²) >= 11 is 0. The summed E-state index contributed by atoms with van der Waals surface area (Å²) in [5.41, 5.74) is 1.70. The Hall–Kier alpha value is -3.77. The van der Waals surface area contributed by atoms with Crippen LogP contribution in [0.15, 0.2) is 54.7 Å². The fourth-order valence-corrected chi connectivity index (χ4v) is 5.53. The van der Waals surface area contributed by atoms with Crippen molar-refractivity contribution in [1.29, 1.82) is 0 Å². The second kappa shape index (κ2) is 10.7. The van der Waals surface area contributed by atoms with Crippen molar-refractivity contribution in [3.8, 4) is 0 Å². The summed E-state index contributed by atoms with van der Waals surface area (Å²) in [6, 6.07) is 10.2. The van der Waals surface area contributed by atoms with E-state index >= 15 is 0 Å². The zero-order valence-corrected chi connectivity index (χ0v) is 21.1. The number of nitrogens with zero attached hydrogens (tertiary/aromatic N) is 2. The molecule has 2 amide bonds. The minimum Gasteiger partial charge on any atom is -0.467 e. The Balaban J connectivity index is 1.57. The van der Waals surface area contributed by atoms with Gasteiger partial charge < -0.3 is 19.9 Å². The highest BCUT2D eigenvalue weighted by atomic mass is 32.2. The molecular weight excluding hydrogens is 503 g/mol. The predicted octanol–water partition coefficient (Wildman–Crippen LogP) is 1.29. The number of aromatic amines is 1. The molecule has 1 saturated heterocycles. The summed E-state index contributed by atoms with van der Waals surface area (Å²) in [6.45, 7) is -0.388. The van der Waals surface area contributed by atoms with Crippen molar-refractivity contribution >= 4 is 38.7 Å². The number of carbonyl (C=O) groups excluding carboxylic acids is 3. The van der Waals surface area contributed by atoms with Crippen molar-refractivity contribution < 1.29 is 31.9 Å². The summed E-state index contributed by atoms with van der Waals surface area (Å²) in [5.74, 6) is -2.58. The Morgan fingerprint density at radius 1 is 1.16 bits per heavy atom. The molecule has 0 unspecified atom stereocenters. The molecule has 1 aliphatic rings. The van der Waals surface area contributed by atoms with E-state index < -0.39 is 45.7 Å². The number of sulfonamides is 1.